The normalized spacial score (nSPS) is 22.6. The molecule has 102 valence electrons. The first-order valence-electron chi connectivity index (χ1n) is 6.29. The Labute approximate surface area is 114 Å². The van der Waals surface area contributed by atoms with E-state index < -0.39 is 7.60 Å². The first-order chi connectivity index (χ1) is 9.18. The van der Waals surface area contributed by atoms with Crippen molar-refractivity contribution >= 4 is 7.60 Å². The second kappa shape index (κ2) is 6.33. The van der Waals surface area contributed by atoms with Gasteiger partial charge in [0.05, 0.1) is 5.66 Å². The van der Waals surface area contributed by atoms with Crippen LogP contribution in [0.2, 0.25) is 0 Å². The zero-order valence-corrected chi connectivity index (χ0v) is 12.1. The molecule has 0 radical (unpaired) electrons. The lowest BCUT2D eigenvalue weighted by Gasteiger charge is -2.22. The highest BCUT2D eigenvalue weighted by atomic mass is 31.2. The van der Waals surface area contributed by atoms with E-state index in [1.54, 1.807) is 0 Å². The van der Waals surface area contributed by atoms with E-state index in [9.17, 15) is 4.57 Å². The first kappa shape index (κ1) is 14.3. The van der Waals surface area contributed by atoms with Crippen molar-refractivity contribution in [2.75, 3.05) is 14.2 Å². The molecule has 2 rings (SSSR count). The predicted octanol–water partition coefficient (Wildman–Crippen LogP) is 3.83. The first-order valence-corrected chi connectivity index (χ1v) is 7.91. The fraction of sp³-hybridized carbons (Fsp3) is 0.333. The van der Waals surface area contributed by atoms with E-state index in [1.807, 2.05) is 30.4 Å². The Morgan fingerprint density at radius 2 is 1.58 bits per heavy atom. The highest BCUT2D eigenvalue weighted by molar-refractivity contribution is 7.55. The van der Waals surface area contributed by atoms with E-state index in [1.165, 1.54) is 19.8 Å². The highest BCUT2D eigenvalue weighted by Crippen LogP contribution is 2.53. The van der Waals surface area contributed by atoms with Crippen molar-refractivity contribution in [3.8, 4) is 0 Å². The van der Waals surface area contributed by atoms with Gasteiger partial charge in [0.15, 0.2) is 0 Å². The highest BCUT2D eigenvalue weighted by Gasteiger charge is 2.31. The zero-order chi connectivity index (χ0) is 13.7. The fourth-order valence-electron chi connectivity index (χ4n) is 2.19. The molecule has 1 aromatic rings. The maximum atomic E-state index is 12.2. The van der Waals surface area contributed by atoms with Gasteiger partial charge in [0, 0.05) is 14.2 Å². The van der Waals surface area contributed by atoms with Crippen LogP contribution < -0.4 is 0 Å². The van der Waals surface area contributed by atoms with Crippen LogP contribution >= 0.6 is 7.60 Å². The summed E-state index contributed by atoms with van der Waals surface area (Å²) in [5, 5.41) is 0. The van der Waals surface area contributed by atoms with E-state index >= 15 is 0 Å². The topological polar surface area (TPSA) is 35.5 Å². The molecule has 0 aromatic heterocycles. The largest absolute Gasteiger partial charge is 0.340 e. The summed E-state index contributed by atoms with van der Waals surface area (Å²) in [4.78, 5) is 0. The molecule has 1 aliphatic carbocycles. The van der Waals surface area contributed by atoms with Crippen LogP contribution in [0.4, 0.5) is 0 Å². The Kier molecular flexibility index (Phi) is 4.76. The van der Waals surface area contributed by atoms with Gasteiger partial charge in [-0.2, -0.15) is 0 Å². The number of hydrogen-bond acceptors (Lipinski definition) is 3. The van der Waals surface area contributed by atoms with Crippen LogP contribution in [0.15, 0.2) is 54.6 Å². The monoisotopic (exact) mass is 278 g/mol. The van der Waals surface area contributed by atoms with Gasteiger partial charge in [0.2, 0.25) is 0 Å². The van der Waals surface area contributed by atoms with Crippen molar-refractivity contribution in [3.63, 3.8) is 0 Å². The molecule has 0 fully saturated rings. The van der Waals surface area contributed by atoms with Crippen LogP contribution in [0.5, 0.6) is 0 Å². The third-order valence-corrected chi connectivity index (χ3v) is 5.39. The van der Waals surface area contributed by atoms with E-state index in [-0.39, 0.29) is 5.66 Å². The standard InChI is InChI=1S/C15H19O3P/c1-17-19(16,18-2)15-10-8-14(9-11-15)12-13-6-4-3-5-7-13/h3-11,14-15H,12H2,1-2H3. The molecule has 1 aromatic carbocycles. The second-order valence-electron chi connectivity index (χ2n) is 4.52. The molecule has 3 nitrogen and oxygen atoms in total. The molecule has 0 heterocycles. The Hall–Kier alpha value is -1.15. The maximum absolute atomic E-state index is 12.2. The minimum Gasteiger partial charge on any atom is -0.311 e. The van der Waals surface area contributed by atoms with Crippen LogP contribution in [-0.2, 0) is 20.0 Å². The van der Waals surface area contributed by atoms with Gasteiger partial charge in [-0.25, -0.2) is 0 Å². The summed E-state index contributed by atoms with van der Waals surface area (Å²) in [6, 6.07) is 10.3. The second-order valence-corrected chi connectivity index (χ2v) is 6.93. The van der Waals surface area contributed by atoms with Gasteiger partial charge in [-0.3, -0.25) is 4.57 Å². The summed E-state index contributed by atoms with van der Waals surface area (Å²) in [5.74, 6) is 0.334. The van der Waals surface area contributed by atoms with Gasteiger partial charge in [0.1, 0.15) is 0 Å². The molecule has 19 heavy (non-hydrogen) atoms. The molecule has 0 spiro atoms. The average molecular weight is 278 g/mol. The number of allylic oxidation sites excluding steroid dienone is 4. The molecule has 0 bridgehead atoms. The molecule has 0 saturated heterocycles. The zero-order valence-electron chi connectivity index (χ0n) is 11.2. The summed E-state index contributed by atoms with van der Waals surface area (Å²) < 4.78 is 22.2. The van der Waals surface area contributed by atoms with Crippen LogP contribution in [0.1, 0.15) is 5.56 Å². The third-order valence-electron chi connectivity index (χ3n) is 3.30. The Morgan fingerprint density at radius 3 is 2.11 bits per heavy atom. The Balaban J connectivity index is 2.01. The lowest BCUT2D eigenvalue weighted by Crippen LogP contribution is -2.11. The van der Waals surface area contributed by atoms with Crippen molar-refractivity contribution in [3.05, 3.63) is 60.2 Å². The smallest absolute Gasteiger partial charge is 0.311 e. The van der Waals surface area contributed by atoms with Crippen molar-refractivity contribution in [2.24, 2.45) is 5.92 Å². The van der Waals surface area contributed by atoms with Gasteiger partial charge in [-0.1, -0.05) is 54.6 Å². The quantitative estimate of drug-likeness (QED) is 0.606. The molecule has 4 heteroatoms. The summed E-state index contributed by atoms with van der Waals surface area (Å²) in [6.07, 6.45) is 8.93. The maximum Gasteiger partial charge on any atom is 0.340 e. The van der Waals surface area contributed by atoms with Gasteiger partial charge in [-0.05, 0) is 17.9 Å². The summed E-state index contributed by atoms with van der Waals surface area (Å²) in [6.45, 7) is 0. The summed E-state index contributed by atoms with van der Waals surface area (Å²) in [7, 11) is -0.202. The molecule has 0 N–H and O–H groups in total. The van der Waals surface area contributed by atoms with E-state index in [4.69, 9.17) is 9.05 Å². The third kappa shape index (κ3) is 3.44. The Bertz CT molecular complexity index is 485. The molecule has 0 saturated carbocycles. The van der Waals surface area contributed by atoms with Crippen LogP contribution in [-0.4, -0.2) is 19.9 Å². The van der Waals surface area contributed by atoms with Crippen molar-refractivity contribution in [1.29, 1.82) is 0 Å². The molecule has 0 unspecified atom stereocenters. The van der Waals surface area contributed by atoms with E-state index in [0.717, 1.165) is 6.42 Å². The molecular weight excluding hydrogens is 259 g/mol. The number of benzene rings is 1. The molecule has 0 aliphatic heterocycles. The minimum absolute atomic E-state index is 0.283. The summed E-state index contributed by atoms with van der Waals surface area (Å²) in [5.41, 5.74) is 1.01. The van der Waals surface area contributed by atoms with Crippen LogP contribution in [0.25, 0.3) is 0 Å². The average Bonchev–Trinajstić information content (AvgIpc) is 2.48. The van der Waals surface area contributed by atoms with E-state index in [2.05, 4.69) is 24.3 Å². The molecule has 0 atom stereocenters. The van der Waals surface area contributed by atoms with Crippen molar-refractivity contribution in [1.82, 2.24) is 0 Å². The lowest BCUT2D eigenvalue weighted by atomic mass is 9.95. The Morgan fingerprint density at radius 1 is 1.00 bits per heavy atom. The van der Waals surface area contributed by atoms with Crippen LogP contribution in [0.3, 0.4) is 0 Å². The fourth-order valence-corrected chi connectivity index (χ4v) is 3.45. The molecular formula is C15H19O3P. The SMILES string of the molecule is COP(=O)(OC)C1C=CC(Cc2ccccc2)C=C1. The summed E-state index contributed by atoms with van der Waals surface area (Å²) >= 11 is 0. The van der Waals surface area contributed by atoms with Crippen LogP contribution in [0, 0.1) is 5.92 Å². The van der Waals surface area contributed by atoms with E-state index in [0.29, 0.717) is 5.92 Å². The number of rotatable bonds is 5. The van der Waals surface area contributed by atoms with Gasteiger partial charge < -0.3 is 9.05 Å². The minimum atomic E-state index is -3.04. The predicted molar refractivity (Wildman–Crippen MR) is 77.3 cm³/mol. The van der Waals surface area contributed by atoms with Gasteiger partial charge in [0.25, 0.3) is 0 Å². The van der Waals surface area contributed by atoms with Crippen molar-refractivity contribution in [2.45, 2.75) is 12.1 Å². The molecule has 0 amide bonds. The van der Waals surface area contributed by atoms with Gasteiger partial charge >= 0.3 is 7.60 Å². The lowest BCUT2D eigenvalue weighted by molar-refractivity contribution is 0.273. The van der Waals surface area contributed by atoms with Gasteiger partial charge in [-0.15, -0.1) is 0 Å². The number of hydrogen-bond donors (Lipinski definition) is 0. The molecule has 1 aliphatic rings. The van der Waals surface area contributed by atoms with Crippen molar-refractivity contribution < 1.29 is 13.6 Å².